The zero-order valence-corrected chi connectivity index (χ0v) is 15.8. The Morgan fingerprint density at radius 2 is 1.78 bits per heavy atom. The number of amides is 1. The number of nitrogens with one attached hydrogen (secondary N) is 2. The molecule has 7 heteroatoms. The first-order valence-electron chi connectivity index (χ1n) is 8.57. The Hall–Kier alpha value is -3.06. The zero-order chi connectivity index (χ0) is 18.8. The maximum atomic E-state index is 13.2. The lowest BCUT2D eigenvalue weighted by molar-refractivity contribution is -0.113. The van der Waals surface area contributed by atoms with Crippen LogP contribution < -0.4 is 10.6 Å². The van der Waals surface area contributed by atoms with Crippen molar-refractivity contribution in [3.63, 3.8) is 0 Å². The third-order valence-electron chi connectivity index (χ3n) is 4.41. The van der Waals surface area contributed by atoms with Gasteiger partial charge in [-0.15, -0.1) is 5.10 Å². The fraction of sp³-hybridized carbons (Fsp3) is 0.150. The van der Waals surface area contributed by atoms with Crippen LogP contribution in [0.15, 0.2) is 77.1 Å². The van der Waals surface area contributed by atoms with E-state index < -0.39 is 0 Å². The second kappa shape index (κ2) is 7.28. The summed E-state index contributed by atoms with van der Waals surface area (Å²) in [6.07, 6.45) is 1.93. The molecule has 2 aromatic carbocycles. The molecular weight excluding hydrogens is 358 g/mol. The molecule has 3 aromatic rings. The quantitative estimate of drug-likeness (QED) is 0.674. The average molecular weight is 377 g/mol. The number of hydrogen-bond donors (Lipinski definition) is 2. The molecule has 2 heterocycles. The summed E-state index contributed by atoms with van der Waals surface area (Å²) < 4.78 is 1.79. The summed E-state index contributed by atoms with van der Waals surface area (Å²) in [7, 11) is 0. The van der Waals surface area contributed by atoms with Gasteiger partial charge in [0.05, 0.1) is 5.57 Å². The smallest absolute Gasteiger partial charge is 0.255 e. The fourth-order valence-corrected chi connectivity index (χ4v) is 3.52. The average Bonchev–Trinajstić information content (AvgIpc) is 3.11. The molecule has 6 nitrogen and oxygen atoms in total. The molecule has 27 heavy (non-hydrogen) atoms. The number of para-hydroxylation sites is 1. The molecule has 1 aliphatic heterocycles. The summed E-state index contributed by atoms with van der Waals surface area (Å²) in [4.78, 5) is 17.7. The largest absolute Gasteiger partial charge is 0.328 e. The highest BCUT2D eigenvalue weighted by molar-refractivity contribution is 7.98. The minimum atomic E-state index is -0.348. The summed E-state index contributed by atoms with van der Waals surface area (Å²) in [5.41, 5.74) is 3.12. The number of allylic oxidation sites excluding steroid dienone is 1. The first-order valence-corrected chi connectivity index (χ1v) is 9.79. The number of nitrogens with zero attached hydrogens (tertiary/aromatic N) is 3. The highest BCUT2D eigenvalue weighted by Gasteiger charge is 2.34. The molecule has 0 aliphatic carbocycles. The van der Waals surface area contributed by atoms with E-state index in [4.69, 9.17) is 0 Å². The van der Waals surface area contributed by atoms with Crippen molar-refractivity contribution in [2.24, 2.45) is 0 Å². The number of thioether (sulfide) groups is 1. The summed E-state index contributed by atoms with van der Waals surface area (Å²) in [6.45, 7) is 1.90. The van der Waals surface area contributed by atoms with Crippen LogP contribution in [0, 0.1) is 0 Å². The summed E-state index contributed by atoms with van der Waals surface area (Å²) >= 11 is 1.47. The van der Waals surface area contributed by atoms with E-state index in [2.05, 4.69) is 20.7 Å². The predicted octanol–water partition coefficient (Wildman–Crippen LogP) is 3.93. The molecule has 0 fully saturated rings. The van der Waals surface area contributed by atoms with Gasteiger partial charge in [0.1, 0.15) is 6.04 Å². The van der Waals surface area contributed by atoms with Crippen molar-refractivity contribution in [3.05, 3.63) is 77.5 Å². The van der Waals surface area contributed by atoms with E-state index in [-0.39, 0.29) is 11.9 Å². The molecule has 0 radical (unpaired) electrons. The zero-order valence-electron chi connectivity index (χ0n) is 15.0. The molecule has 1 amide bonds. The third kappa shape index (κ3) is 3.33. The summed E-state index contributed by atoms with van der Waals surface area (Å²) in [5.74, 6) is 0.480. The van der Waals surface area contributed by atoms with Crippen LogP contribution in [-0.4, -0.2) is 26.9 Å². The van der Waals surface area contributed by atoms with Crippen LogP contribution >= 0.6 is 11.8 Å². The molecule has 0 saturated carbocycles. The monoisotopic (exact) mass is 377 g/mol. The second-order valence-electron chi connectivity index (χ2n) is 6.16. The van der Waals surface area contributed by atoms with Gasteiger partial charge in [0, 0.05) is 11.4 Å². The number of carbonyl (C=O) groups excluding carboxylic acids is 1. The predicted molar refractivity (Wildman–Crippen MR) is 108 cm³/mol. The van der Waals surface area contributed by atoms with Gasteiger partial charge in [0.2, 0.25) is 11.1 Å². The van der Waals surface area contributed by atoms with Gasteiger partial charge in [0.15, 0.2) is 0 Å². The van der Waals surface area contributed by atoms with E-state index in [1.165, 1.54) is 11.8 Å². The van der Waals surface area contributed by atoms with Gasteiger partial charge in [-0.05, 0) is 30.9 Å². The topological polar surface area (TPSA) is 71.8 Å². The minimum Gasteiger partial charge on any atom is -0.328 e. The Morgan fingerprint density at radius 3 is 2.44 bits per heavy atom. The molecule has 0 bridgehead atoms. The Morgan fingerprint density at radius 1 is 1.11 bits per heavy atom. The molecule has 4 rings (SSSR count). The number of benzene rings is 2. The Balaban J connectivity index is 1.79. The minimum absolute atomic E-state index is 0.160. The van der Waals surface area contributed by atoms with Crippen molar-refractivity contribution in [2.45, 2.75) is 18.1 Å². The lowest BCUT2D eigenvalue weighted by Crippen LogP contribution is -2.31. The van der Waals surface area contributed by atoms with E-state index >= 15 is 0 Å². The van der Waals surface area contributed by atoms with Crippen molar-refractivity contribution in [1.29, 1.82) is 0 Å². The van der Waals surface area contributed by atoms with Gasteiger partial charge in [-0.2, -0.15) is 4.98 Å². The van der Waals surface area contributed by atoms with Crippen LogP contribution in [0.3, 0.4) is 0 Å². The van der Waals surface area contributed by atoms with Crippen LogP contribution in [0.5, 0.6) is 0 Å². The maximum absolute atomic E-state index is 13.2. The van der Waals surface area contributed by atoms with Crippen LogP contribution in [-0.2, 0) is 4.79 Å². The molecule has 0 spiro atoms. The number of hydrogen-bond acceptors (Lipinski definition) is 5. The Bertz CT molecular complexity index is 998. The van der Waals surface area contributed by atoms with Gasteiger partial charge in [-0.25, -0.2) is 4.68 Å². The van der Waals surface area contributed by atoms with Gasteiger partial charge < -0.3 is 10.6 Å². The van der Waals surface area contributed by atoms with E-state index in [1.807, 2.05) is 73.8 Å². The van der Waals surface area contributed by atoms with E-state index in [0.29, 0.717) is 16.7 Å². The van der Waals surface area contributed by atoms with Crippen molar-refractivity contribution in [2.75, 3.05) is 16.9 Å². The van der Waals surface area contributed by atoms with E-state index in [1.54, 1.807) is 4.68 Å². The van der Waals surface area contributed by atoms with E-state index in [9.17, 15) is 4.79 Å². The molecule has 0 saturated heterocycles. The molecule has 1 aromatic heterocycles. The van der Waals surface area contributed by atoms with Crippen molar-refractivity contribution in [1.82, 2.24) is 14.8 Å². The maximum Gasteiger partial charge on any atom is 0.255 e. The molecule has 1 atom stereocenters. The van der Waals surface area contributed by atoms with Crippen molar-refractivity contribution >= 4 is 29.3 Å². The first-order chi connectivity index (χ1) is 13.2. The fourth-order valence-electron chi connectivity index (χ4n) is 3.18. The van der Waals surface area contributed by atoms with Crippen LogP contribution in [0.2, 0.25) is 0 Å². The molecule has 1 aliphatic rings. The highest BCUT2D eigenvalue weighted by atomic mass is 32.2. The summed E-state index contributed by atoms with van der Waals surface area (Å²) in [5, 5.41) is 11.5. The van der Waals surface area contributed by atoms with Crippen LogP contribution in [0.1, 0.15) is 18.5 Å². The second-order valence-corrected chi connectivity index (χ2v) is 6.94. The molecule has 1 unspecified atom stereocenters. The standard InChI is InChI=1S/C20H19N5OS/c1-13-16(18(26)22-15-11-7-4-8-12-15)17(14-9-5-3-6-10-14)25-19(21-13)23-20(24-25)27-2/h3-12,17H,1-2H3,(H,22,26)(H,21,23,24). The third-order valence-corrected chi connectivity index (χ3v) is 4.95. The Labute approximate surface area is 161 Å². The molecule has 136 valence electrons. The number of carbonyl (C=O) groups is 1. The van der Waals surface area contributed by atoms with Crippen LogP contribution in [0.4, 0.5) is 11.6 Å². The number of rotatable bonds is 4. The molecular formula is C20H19N5OS. The van der Waals surface area contributed by atoms with E-state index in [0.717, 1.165) is 16.9 Å². The SMILES string of the molecule is CSc1nc2n(n1)C(c1ccccc1)C(C(=O)Nc1ccccc1)=C(C)N2. The van der Waals surface area contributed by atoms with Crippen LogP contribution in [0.25, 0.3) is 0 Å². The normalized spacial score (nSPS) is 15.9. The lowest BCUT2D eigenvalue weighted by Gasteiger charge is -2.28. The Kier molecular flexibility index (Phi) is 4.68. The highest BCUT2D eigenvalue weighted by Crippen LogP contribution is 2.36. The summed E-state index contributed by atoms with van der Waals surface area (Å²) in [6, 6.07) is 19.0. The van der Waals surface area contributed by atoms with Gasteiger partial charge in [0.25, 0.3) is 5.91 Å². The van der Waals surface area contributed by atoms with Crippen molar-refractivity contribution in [3.8, 4) is 0 Å². The number of aromatic nitrogens is 3. The number of anilines is 2. The van der Waals surface area contributed by atoms with Gasteiger partial charge >= 0.3 is 0 Å². The lowest BCUT2D eigenvalue weighted by atomic mass is 9.95. The van der Waals surface area contributed by atoms with Gasteiger partial charge in [-0.1, -0.05) is 60.3 Å². The number of fused-ring (bicyclic) bond motifs is 1. The first kappa shape index (κ1) is 17.4. The van der Waals surface area contributed by atoms with Gasteiger partial charge in [-0.3, -0.25) is 4.79 Å². The van der Waals surface area contributed by atoms with Crippen molar-refractivity contribution < 1.29 is 4.79 Å². The molecule has 2 N–H and O–H groups in total.